The lowest BCUT2D eigenvalue weighted by molar-refractivity contribution is -0.0865. The highest BCUT2D eigenvalue weighted by Crippen LogP contribution is 2.24. The van der Waals surface area contributed by atoms with E-state index in [0.29, 0.717) is 12.2 Å². The fraction of sp³-hybridized carbons (Fsp3) is 0.684. The predicted octanol–water partition coefficient (Wildman–Crippen LogP) is 2.77. The minimum absolute atomic E-state index is 0.366. The molecule has 0 spiro atoms. The predicted molar refractivity (Wildman–Crippen MR) is 92.9 cm³/mol. The second kappa shape index (κ2) is 7.65. The summed E-state index contributed by atoms with van der Waals surface area (Å²) in [6, 6.07) is 9.09. The van der Waals surface area contributed by atoms with E-state index in [9.17, 15) is 0 Å². The van der Waals surface area contributed by atoms with Crippen LogP contribution in [-0.4, -0.2) is 61.3 Å². The van der Waals surface area contributed by atoms with Crippen molar-refractivity contribution in [1.82, 2.24) is 9.80 Å². The summed E-state index contributed by atoms with van der Waals surface area (Å²) < 4.78 is 11.3. The van der Waals surface area contributed by atoms with Gasteiger partial charge < -0.3 is 9.47 Å². The summed E-state index contributed by atoms with van der Waals surface area (Å²) in [6.45, 7) is 9.89. The molecule has 4 heteroatoms. The first-order valence-corrected chi connectivity index (χ1v) is 8.89. The summed E-state index contributed by atoms with van der Waals surface area (Å²) >= 11 is 0. The highest BCUT2D eigenvalue weighted by molar-refractivity contribution is 5.33. The van der Waals surface area contributed by atoms with Crippen LogP contribution in [0.5, 0.6) is 5.75 Å². The number of ether oxygens (including phenoxy) is 2. The van der Waals surface area contributed by atoms with Gasteiger partial charge >= 0.3 is 0 Å². The van der Waals surface area contributed by atoms with Crippen molar-refractivity contribution >= 4 is 0 Å². The van der Waals surface area contributed by atoms with E-state index in [1.54, 1.807) is 7.11 Å². The number of rotatable bonds is 4. The Morgan fingerprint density at radius 1 is 1.09 bits per heavy atom. The van der Waals surface area contributed by atoms with Gasteiger partial charge in [0, 0.05) is 31.2 Å². The van der Waals surface area contributed by atoms with E-state index in [2.05, 4.69) is 41.8 Å². The molecule has 0 saturated carbocycles. The third kappa shape index (κ3) is 4.25. The number of piperidine rings is 1. The molecule has 23 heavy (non-hydrogen) atoms. The highest BCUT2D eigenvalue weighted by atomic mass is 16.5. The third-order valence-corrected chi connectivity index (χ3v) is 5.11. The second-order valence-corrected chi connectivity index (χ2v) is 7.03. The largest absolute Gasteiger partial charge is 0.496 e. The number of methoxy groups -OCH3 is 1. The monoisotopic (exact) mass is 318 g/mol. The lowest BCUT2D eigenvalue weighted by Crippen LogP contribution is -2.53. The van der Waals surface area contributed by atoms with Crippen LogP contribution < -0.4 is 4.74 Å². The quantitative estimate of drug-likeness (QED) is 0.852. The first-order chi connectivity index (χ1) is 11.2. The molecule has 0 aromatic heterocycles. The fourth-order valence-electron chi connectivity index (χ4n) is 4.03. The molecule has 2 aliphatic heterocycles. The standard InChI is InChI=1S/C19H30N2O2/c1-15-12-21(13-16(2)23-15)18-8-10-20(11-9-18)14-17-6-4-5-7-19(17)22-3/h4-7,15-16,18H,8-14H2,1-3H3/t15-,16+. The van der Waals surface area contributed by atoms with Crippen LogP contribution >= 0.6 is 0 Å². The molecule has 0 N–H and O–H groups in total. The van der Waals surface area contributed by atoms with E-state index in [0.717, 1.165) is 31.4 Å². The Hall–Kier alpha value is -1.10. The van der Waals surface area contributed by atoms with E-state index in [-0.39, 0.29) is 0 Å². The molecular formula is C19H30N2O2. The lowest BCUT2D eigenvalue weighted by Gasteiger charge is -2.43. The Morgan fingerprint density at radius 3 is 2.39 bits per heavy atom. The summed E-state index contributed by atoms with van der Waals surface area (Å²) in [5.41, 5.74) is 1.29. The smallest absolute Gasteiger partial charge is 0.123 e. The molecule has 128 valence electrons. The van der Waals surface area contributed by atoms with Crippen molar-refractivity contribution in [1.29, 1.82) is 0 Å². The van der Waals surface area contributed by atoms with Gasteiger partial charge in [0.2, 0.25) is 0 Å². The Bertz CT molecular complexity index is 490. The van der Waals surface area contributed by atoms with Gasteiger partial charge in [-0.1, -0.05) is 18.2 Å². The molecule has 2 fully saturated rings. The van der Waals surface area contributed by atoms with Gasteiger partial charge in [-0.05, 0) is 45.8 Å². The van der Waals surface area contributed by atoms with Gasteiger partial charge in [0.25, 0.3) is 0 Å². The summed E-state index contributed by atoms with van der Waals surface area (Å²) in [5.74, 6) is 1.01. The van der Waals surface area contributed by atoms with Crippen molar-refractivity contribution in [2.24, 2.45) is 0 Å². The van der Waals surface area contributed by atoms with Crippen LogP contribution in [0.4, 0.5) is 0 Å². The molecule has 2 saturated heterocycles. The third-order valence-electron chi connectivity index (χ3n) is 5.11. The fourth-order valence-corrected chi connectivity index (χ4v) is 4.03. The van der Waals surface area contributed by atoms with E-state index < -0.39 is 0 Å². The zero-order chi connectivity index (χ0) is 16.2. The van der Waals surface area contributed by atoms with E-state index in [1.807, 2.05) is 6.07 Å². The van der Waals surface area contributed by atoms with Crippen molar-refractivity contribution in [3.05, 3.63) is 29.8 Å². The molecule has 4 nitrogen and oxygen atoms in total. The Balaban J connectivity index is 1.52. The van der Waals surface area contributed by atoms with Crippen LogP contribution in [0.3, 0.4) is 0 Å². The van der Waals surface area contributed by atoms with Gasteiger partial charge in [0.05, 0.1) is 19.3 Å². The second-order valence-electron chi connectivity index (χ2n) is 7.03. The van der Waals surface area contributed by atoms with Gasteiger partial charge in [-0.3, -0.25) is 9.80 Å². The van der Waals surface area contributed by atoms with Crippen LogP contribution in [-0.2, 0) is 11.3 Å². The maximum Gasteiger partial charge on any atom is 0.123 e. The van der Waals surface area contributed by atoms with Gasteiger partial charge in [-0.2, -0.15) is 0 Å². The molecule has 1 aromatic carbocycles. The lowest BCUT2D eigenvalue weighted by atomic mass is 10.0. The van der Waals surface area contributed by atoms with E-state index >= 15 is 0 Å². The zero-order valence-electron chi connectivity index (χ0n) is 14.7. The van der Waals surface area contributed by atoms with Crippen LogP contribution in [0.2, 0.25) is 0 Å². The number of nitrogens with zero attached hydrogens (tertiary/aromatic N) is 2. The first kappa shape index (κ1) is 16.7. The number of likely N-dealkylation sites (tertiary alicyclic amines) is 1. The molecule has 0 aliphatic carbocycles. The Labute approximate surface area is 140 Å². The van der Waals surface area contributed by atoms with Gasteiger partial charge in [-0.25, -0.2) is 0 Å². The minimum atomic E-state index is 0.366. The number of benzene rings is 1. The summed E-state index contributed by atoms with van der Waals surface area (Å²) in [4.78, 5) is 5.21. The average Bonchev–Trinajstić information content (AvgIpc) is 2.55. The van der Waals surface area contributed by atoms with Gasteiger partial charge in [0.1, 0.15) is 5.75 Å². The van der Waals surface area contributed by atoms with E-state index in [4.69, 9.17) is 9.47 Å². The zero-order valence-corrected chi connectivity index (χ0v) is 14.7. The maximum absolute atomic E-state index is 5.87. The van der Waals surface area contributed by atoms with Crippen molar-refractivity contribution < 1.29 is 9.47 Å². The molecule has 0 amide bonds. The summed E-state index contributed by atoms with van der Waals surface area (Å²) in [7, 11) is 1.76. The number of morpholine rings is 1. The molecular weight excluding hydrogens is 288 g/mol. The SMILES string of the molecule is COc1ccccc1CN1CCC(N2C[C@@H](C)O[C@@H](C)C2)CC1. The average molecular weight is 318 g/mol. The first-order valence-electron chi connectivity index (χ1n) is 8.89. The molecule has 3 rings (SSSR count). The molecule has 0 unspecified atom stereocenters. The molecule has 0 radical (unpaired) electrons. The van der Waals surface area contributed by atoms with Crippen LogP contribution in [0.15, 0.2) is 24.3 Å². The van der Waals surface area contributed by atoms with Crippen LogP contribution in [0, 0.1) is 0 Å². The Kier molecular flexibility index (Phi) is 5.57. The number of para-hydroxylation sites is 1. The van der Waals surface area contributed by atoms with Crippen LogP contribution in [0.1, 0.15) is 32.3 Å². The minimum Gasteiger partial charge on any atom is -0.496 e. The van der Waals surface area contributed by atoms with Crippen molar-refractivity contribution in [2.45, 2.75) is 51.5 Å². The molecule has 1 aromatic rings. The van der Waals surface area contributed by atoms with Crippen LogP contribution in [0.25, 0.3) is 0 Å². The molecule has 2 atom stereocenters. The van der Waals surface area contributed by atoms with Crippen molar-refractivity contribution in [2.75, 3.05) is 33.3 Å². The van der Waals surface area contributed by atoms with Gasteiger partial charge in [-0.15, -0.1) is 0 Å². The molecule has 2 heterocycles. The molecule has 2 aliphatic rings. The van der Waals surface area contributed by atoms with Crippen molar-refractivity contribution in [3.8, 4) is 5.75 Å². The summed E-state index contributed by atoms with van der Waals surface area (Å²) in [6.07, 6.45) is 3.25. The van der Waals surface area contributed by atoms with E-state index in [1.165, 1.54) is 31.5 Å². The Morgan fingerprint density at radius 2 is 1.74 bits per heavy atom. The highest BCUT2D eigenvalue weighted by Gasteiger charge is 2.30. The number of hydrogen-bond acceptors (Lipinski definition) is 4. The number of hydrogen-bond donors (Lipinski definition) is 0. The van der Waals surface area contributed by atoms with Crippen molar-refractivity contribution in [3.63, 3.8) is 0 Å². The summed E-state index contributed by atoms with van der Waals surface area (Å²) in [5, 5.41) is 0. The normalized spacial score (nSPS) is 28.0. The van der Waals surface area contributed by atoms with Gasteiger partial charge in [0.15, 0.2) is 0 Å². The molecule has 0 bridgehead atoms. The topological polar surface area (TPSA) is 24.9 Å². The maximum atomic E-state index is 5.87.